The molecule has 140 valence electrons. The van der Waals surface area contributed by atoms with Crippen LogP contribution in [0.25, 0.3) is 0 Å². The summed E-state index contributed by atoms with van der Waals surface area (Å²) < 4.78 is 0. The molecule has 0 heterocycles. The third kappa shape index (κ3) is 2.19. The molecule has 5 atom stereocenters. The molecule has 3 heteroatoms. The van der Waals surface area contributed by atoms with Gasteiger partial charge in [0.15, 0.2) is 5.78 Å². The van der Waals surface area contributed by atoms with Gasteiger partial charge >= 0.3 is 0 Å². The molecule has 0 spiro atoms. The maximum atomic E-state index is 12.7. The van der Waals surface area contributed by atoms with Gasteiger partial charge in [-0.05, 0) is 73.3 Å². The Bertz CT molecular complexity index is 773. The first kappa shape index (κ1) is 18.3. The molecule has 0 radical (unpaired) electrons. The van der Waals surface area contributed by atoms with E-state index in [1.165, 1.54) is 11.1 Å². The SMILES string of the molecule is C=C1C[C@@H]2[C@H](CC[C@]3(C)C(=O)CC[C@@H]23)[C@@]2(C)C(C)=CC(=O)C(SCC)=C12. The Labute approximate surface area is 161 Å². The number of Topliss-reactive ketones (excluding diaryl/α,β-unsaturated/α-hetero) is 1. The molecule has 3 saturated carbocycles. The third-order valence-electron chi connectivity index (χ3n) is 8.15. The highest BCUT2D eigenvalue weighted by Crippen LogP contribution is 2.66. The van der Waals surface area contributed by atoms with Gasteiger partial charge in [0.05, 0.1) is 4.91 Å². The Morgan fingerprint density at radius 3 is 2.65 bits per heavy atom. The number of fused-ring (bicyclic) bond motifs is 5. The van der Waals surface area contributed by atoms with E-state index < -0.39 is 0 Å². The molecule has 3 fully saturated rings. The summed E-state index contributed by atoms with van der Waals surface area (Å²) in [5.74, 6) is 3.07. The van der Waals surface area contributed by atoms with Crippen LogP contribution < -0.4 is 0 Å². The molecular formula is C23H30O2S. The zero-order valence-electron chi connectivity index (χ0n) is 16.5. The van der Waals surface area contributed by atoms with Crippen LogP contribution in [0.3, 0.4) is 0 Å². The summed E-state index contributed by atoms with van der Waals surface area (Å²) >= 11 is 1.68. The van der Waals surface area contributed by atoms with Gasteiger partial charge < -0.3 is 0 Å². The summed E-state index contributed by atoms with van der Waals surface area (Å²) in [6.45, 7) is 13.3. The van der Waals surface area contributed by atoms with Gasteiger partial charge in [-0.3, -0.25) is 9.59 Å². The van der Waals surface area contributed by atoms with Crippen LogP contribution in [0.15, 0.2) is 34.3 Å². The second kappa shape index (κ2) is 5.95. The largest absolute Gasteiger partial charge is 0.299 e. The van der Waals surface area contributed by atoms with Crippen molar-refractivity contribution in [2.75, 3.05) is 5.75 Å². The molecule has 4 aliphatic carbocycles. The van der Waals surface area contributed by atoms with Gasteiger partial charge in [-0.1, -0.05) is 32.9 Å². The van der Waals surface area contributed by atoms with E-state index in [0.717, 1.165) is 48.3 Å². The van der Waals surface area contributed by atoms with Crippen LogP contribution in [0.2, 0.25) is 0 Å². The first-order valence-electron chi connectivity index (χ1n) is 10.1. The van der Waals surface area contributed by atoms with Crippen LogP contribution in [-0.4, -0.2) is 17.3 Å². The summed E-state index contributed by atoms with van der Waals surface area (Å²) in [7, 11) is 0. The Morgan fingerprint density at radius 1 is 1.23 bits per heavy atom. The summed E-state index contributed by atoms with van der Waals surface area (Å²) in [5, 5.41) is 0. The van der Waals surface area contributed by atoms with Gasteiger partial charge in [0.2, 0.25) is 0 Å². The number of ketones is 2. The molecule has 0 aromatic carbocycles. The van der Waals surface area contributed by atoms with Crippen LogP contribution in [-0.2, 0) is 9.59 Å². The molecule has 26 heavy (non-hydrogen) atoms. The summed E-state index contributed by atoms with van der Waals surface area (Å²) in [6, 6.07) is 0. The van der Waals surface area contributed by atoms with Crippen LogP contribution in [0, 0.1) is 28.6 Å². The van der Waals surface area contributed by atoms with E-state index >= 15 is 0 Å². The minimum absolute atomic E-state index is 0.0988. The smallest absolute Gasteiger partial charge is 0.192 e. The fraction of sp³-hybridized carbons (Fsp3) is 0.652. The van der Waals surface area contributed by atoms with Gasteiger partial charge in [-0.15, -0.1) is 11.8 Å². The number of hydrogen-bond acceptors (Lipinski definition) is 3. The monoisotopic (exact) mass is 370 g/mol. The van der Waals surface area contributed by atoms with Crippen LogP contribution in [0.4, 0.5) is 0 Å². The van der Waals surface area contributed by atoms with E-state index in [0.29, 0.717) is 23.5 Å². The van der Waals surface area contributed by atoms with Gasteiger partial charge in [-0.2, -0.15) is 0 Å². The molecule has 4 rings (SSSR count). The molecule has 0 saturated heterocycles. The van der Waals surface area contributed by atoms with E-state index in [2.05, 4.69) is 34.3 Å². The molecular weight excluding hydrogens is 340 g/mol. The maximum absolute atomic E-state index is 12.7. The fourth-order valence-corrected chi connectivity index (χ4v) is 7.70. The Morgan fingerprint density at radius 2 is 1.96 bits per heavy atom. The number of carbonyl (C=O) groups excluding carboxylic acids is 2. The quantitative estimate of drug-likeness (QED) is 0.643. The predicted molar refractivity (Wildman–Crippen MR) is 108 cm³/mol. The van der Waals surface area contributed by atoms with Crippen LogP contribution in [0.5, 0.6) is 0 Å². The van der Waals surface area contributed by atoms with Crippen molar-refractivity contribution in [2.24, 2.45) is 28.6 Å². The van der Waals surface area contributed by atoms with Gasteiger partial charge in [0.25, 0.3) is 0 Å². The van der Waals surface area contributed by atoms with Gasteiger partial charge in [0.1, 0.15) is 5.78 Å². The Hall–Kier alpha value is -1.09. The van der Waals surface area contributed by atoms with E-state index in [4.69, 9.17) is 0 Å². The molecule has 2 nitrogen and oxygen atoms in total. The molecule has 0 bridgehead atoms. The van der Waals surface area contributed by atoms with Crippen molar-refractivity contribution in [3.05, 3.63) is 34.3 Å². The number of allylic oxidation sites excluding steroid dienone is 5. The lowest BCUT2D eigenvalue weighted by atomic mass is 9.46. The second-order valence-electron chi connectivity index (χ2n) is 9.13. The maximum Gasteiger partial charge on any atom is 0.192 e. The van der Waals surface area contributed by atoms with Crippen LogP contribution in [0.1, 0.15) is 59.8 Å². The second-order valence-corrected chi connectivity index (χ2v) is 10.4. The summed E-state index contributed by atoms with van der Waals surface area (Å²) in [4.78, 5) is 26.3. The molecule has 4 aliphatic rings. The molecule has 0 aromatic rings. The first-order valence-corrected chi connectivity index (χ1v) is 11.1. The predicted octanol–water partition coefficient (Wildman–Crippen LogP) is 5.50. The lowest BCUT2D eigenvalue weighted by molar-refractivity contribution is -0.131. The van der Waals surface area contributed by atoms with Crippen molar-refractivity contribution in [1.82, 2.24) is 0 Å². The number of thioether (sulfide) groups is 1. The standard InChI is InChI=1S/C23H30O2S/c1-6-26-21-18(24)12-14(3)23(5)17-9-10-22(4)16(7-8-19(22)25)15(17)11-13(2)20(21)23/h12,15-17H,2,6-11H2,1,3-5H3/t15-,16-,17-,22-,23+/m0/s1. The average molecular weight is 371 g/mol. The zero-order valence-corrected chi connectivity index (χ0v) is 17.3. The van der Waals surface area contributed by atoms with Gasteiger partial charge in [0, 0.05) is 17.3 Å². The third-order valence-corrected chi connectivity index (χ3v) is 9.13. The highest BCUT2D eigenvalue weighted by Gasteiger charge is 2.60. The highest BCUT2D eigenvalue weighted by atomic mass is 32.2. The first-order chi connectivity index (χ1) is 12.2. The van der Waals surface area contributed by atoms with E-state index in [-0.39, 0.29) is 16.6 Å². The van der Waals surface area contributed by atoms with Gasteiger partial charge in [-0.25, -0.2) is 0 Å². The number of rotatable bonds is 2. The van der Waals surface area contributed by atoms with E-state index in [9.17, 15) is 9.59 Å². The van der Waals surface area contributed by atoms with E-state index in [1.54, 1.807) is 11.8 Å². The summed E-state index contributed by atoms with van der Waals surface area (Å²) in [5.41, 5.74) is 3.35. The normalized spacial score (nSPS) is 42.4. The lowest BCUT2D eigenvalue weighted by Crippen LogP contribution is -2.51. The Balaban J connectivity index is 1.84. The van der Waals surface area contributed by atoms with Crippen molar-refractivity contribution < 1.29 is 9.59 Å². The minimum atomic E-state index is -0.123. The van der Waals surface area contributed by atoms with Crippen molar-refractivity contribution in [2.45, 2.75) is 59.8 Å². The van der Waals surface area contributed by atoms with Crippen LogP contribution >= 0.6 is 11.8 Å². The molecule has 0 aliphatic heterocycles. The summed E-state index contributed by atoms with van der Waals surface area (Å²) in [6.07, 6.45) is 6.71. The van der Waals surface area contributed by atoms with Crippen molar-refractivity contribution in [3.63, 3.8) is 0 Å². The Kier molecular flexibility index (Phi) is 4.19. The average Bonchev–Trinajstić information content (AvgIpc) is 2.88. The highest BCUT2D eigenvalue weighted by molar-refractivity contribution is 8.04. The molecule has 0 unspecified atom stereocenters. The molecule has 0 amide bonds. The number of carbonyl (C=O) groups is 2. The zero-order chi connectivity index (χ0) is 18.9. The number of hydrogen-bond donors (Lipinski definition) is 0. The fourth-order valence-electron chi connectivity index (χ4n) is 6.71. The topological polar surface area (TPSA) is 34.1 Å². The van der Waals surface area contributed by atoms with Crippen molar-refractivity contribution in [3.8, 4) is 0 Å². The van der Waals surface area contributed by atoms with Crippen molar-refractivity contribution in [1.29, 1.82) is 0 Å². The molecule has 0 aromatic heterocycles. The van der Waals surface area contributed by atoms with Crippen molar-refractivity contribution >= 4 is 23.3 Å². The van der Waals surface area contributed by atoms with E-state index in [1.807, 2.05) is 6.08 Å². The molecule has 0 N–H and O–H groups in total. The lowest BCUT2D eigenvalue weighted by Gasteiger charge is -2.58. The minimum Gasteiger partial charge on any atom is -0.299 e.